The van der Waals surface area contributed by atoms with Crippen molar-refractivity contribution < 1.29 is 19.4 Å². The summed E-state index contributed by atoms with van der Waals surface area (Å²) >= 11 is 0. The Morgan fingerprint density at radius 3 is 2.59 bits per heavy atom. The van der Waals surface area contributed by atoms with Crippen LogP contribution in [0.5, 0.6) is 0 Å². The van der Waals surface area contributed by atoms with Crippen LogP contribution in [0.25, 0.3) is 0 Å². The molecule has 0 radical (unpaired) electrons. The van der Waals surface area contributed by atoms with Crippen LogP contribution in [0.3, 0.4) is 0 Å². The first-order chi connectivity index (χ1) is 10.5. The van der Waals surface area contributed by atoms with Gasteiger partial charge in [0, 0.05) is 32.5 Å². The third-order valence-electron chi connectivity index (χ3n) is 4.38. The van der Waals surface area contributed by atoms with Gasteiger partial charge in [0.15, 0.2) is 0 Å². The number of likely N-dealkylation sites (tertiary alicyclic amines) is 1. The Hall–Kier alpha value is -1.88. The van der Waals surface area contributed by atoms with Gasteiger partial charge in [0.05, 0.1) is 12.0 Å². The Morgan fingerprint density at radius 1 is 1.32 bits per heavy atom. The molecule has 1 aliphatic heterocycles. The molecule has 1 amide bonds. The Kier molecular flexibility index (Phi) is 5.55. The molecule has 120 valence electrons. The van der Waals surface area contributed by atoms with Crippen molar-refractivity contribution in [2.75, 3.05) is 20.2 Å². The molecule has 0 saturated carbocycles. The number of benzene rings is 1. The van der Waals surface area contributed by atoms with Gasteiger partial charge >= 0.3 is 5.97 Å². The van der Waals surface area contributed by atoms with Crippen LogP contribution in [0.4, 0.5) is 0 Å². The van der Waals surface area contributed by atoms with Crippen LogP contribution < -0.4 is 0 Å². The lowest BCUT2D eigenvalue weighted by Crippen LogP contribution is -2.30. The van der Waals surface area contributed by atoms with Crippen molar-refractivity contribution >= 4 is 11.9 Å². The lowest BCUT2D eigenvalue weighted by Gasteiger charge is -2.17. The van der Waals surface area contributed by atoms with Gasteiger partial charge in [0.1, 0.15) is 0 Å². The van der Waals surface area contributed by atoms with E-state index in [9.17, 15) is 14.7 Å². The summed E-state index contributed by atoms with van der Waals surface area (Å²) in [5.74, 6) is -1.50. The maximum absolute atomic E-state index is 12.3. The van der Waals surface area contributed by atoms with Gasteiger partial charge in [-0.25, -0.2) is 0 Å². The average molecular weight is 305 g/mol. The topological polar surface area (TPSA) is 66.8 Å². The molecule has 22 heavy (non-hydrogen) atoms. The van der Waals surface area contributed by atoms with Crippen molar-refractivity contribution in [3.8, 4) is 0 Å². The number of carbonyl (C=O) groups is 2. The second kappa shape index (κ2) is 7.40. The summed E-state index contributed by atoms with van der Waals surface area (Å²) in [6.45, 7) is 2.68. The normalized spacial score (nSPS) is 22.5. The molecule has 0 bridgehead atoms. The van der Waals surface area contributed by atoms with E-state index >= 15 is 0 Å². The van der Waals surface area contributed by atoms with E-state index in [4.69, 9.17) is 4.74 Å². The van der Waals surface area contributed by atoms with Crippen LogP contribution in [-0.2, 0) is 14.3 Å². The fourth-order valence-electron chi connectivity index (χ4n) is 2.90. The number of hydrogen-bond acceptors (Lipinski definition) is 3. The number of carboxylic acid groups (broad SMARTS) is 1. The van der Waals surface area contributed by atoms with Crippen LogP contribution in [0.2, 0.25) is 0 Å². The third-order valence-corrected chi connectivity index (χ3v) is 4.38. The number of methoxy groups -OCH3 is 1. The maximum atomic E-state index is 12.3. The smallest absolute Gasteiger partial charge is 0.308 e. The number of rotatable bonds is 6. The zero-order valence-electron chi connectivity index (χ0n) is 13.1. The van der Waals surface area contributed by atoms with Crippen LogP contribution in [-0.4, -0.2) is 48.2 Å². The first-order valence-corrected chi connectivity index (χ1v) is 7.61. The van der Waals surface area contributed by atoms with Crippen LogP contribution in [0.15, 0.2) is 30.3 Å². The van der Waals surface area contributed by atoms with Gasteiger partial charge in [-0.05, 0) is 18.9 Å². The molecule has 1 fully saturated rings. The predicted molar refractivity (Wildman–Crippen MR) is 82.6 cm³/mol. The van der Waals surface area contributed by atoms with Crippen LogP contribution >= 0.6 is 0 Å². The molecule has 1 aromatic rings. The Morgan fingerprint density at radius 2 is 2.00 bits per heavy atom. The van der Waals surface area contributed by atoms with Crippen LogP contribution in [0.1, 0.15) is 31.2 Å². The maximum Gasteiger partial charge on any atom is 0.308 e. The number of aliphatic carboxylic acids is 1. The first kappa shape index (κ1) is 16.5. The molecular formula is C17H23NO4. The van der Waals surface area contributed by atoms with E-state index in [1.165, 1.54) is 0 Å². The lowest BCUT2D eigenvalue weighted by molar-refractivity contribution is -0.141. The molecule has 5 nitrogen and oxygen atoms in total. The summed E-state index contributed by atoms with van der Waals surface area (Å²) in [5, 5.41) is 9.44. The fourth-order valence-corrected chi connectivity index (χ4v) is 2.90. The quantitative estimate of drug-likeness (QED) is 0.874. The number of hydrogen-bond donors (Lipinski definition) is 1. The van der Waals surface area contributed by atoms with E-state index in [-0.39, 0.29) is 24.5 Å². The Balaban J connectivity index is 2.04. The van der Waals surface area contributed by atoms with Crippen molar-refractivity contribution in [2.24, 2.45) is 5.92 Å². The second-order valence-corrected chi connectivity index (χ2v) is 5.85. The number of nitrogens with zero attached hydrogens (tertiary/aromatic N) is 1. The van der Waals surface area contributed by atoms with E-state index < -0.39 is 11.9 Å². The summed E-state index contributed by atoms with van der Waals surface area (Å²) in [5.41, 5.74) is 0.982. The standard InChI is InChI=1S/C17H23NO4/c1-12(22-2)8-9-16(19)18-10-14(15(11-18)17(20)21)13-6-4-3-5-7-13/h3-7,12,14-15H,8-11H2,1-2H3,(H,20,21)/t12?,14-,15-/m0/s1. The fraction of sp³-hybridized carbons (Fsp3) is 0.529. The summed E-state index contributed by atoms with van der Waals surface area (Å²) in [6, 6.07) is 9.57. The van der Waals surface area contributed by atoms with Crippen molar-refractivity contribution in [3.63, 3.8) is 0 Å². The Bertz CT molecular complexity index is 517. The molecule has 0 spiro atoms. The van der Waals surface area contributed by atoms with Gasteiger partial charge in [0.2, 0.25) is 5.91 Å². The van der Waals surface area contributed by atoms with Gasteiger partial charge < -0.3 is 14.7 Å². The molecule has 1 unspecified atom stereocenters. The van der Waals surface area contributed by atoms with Gasteiger partial charge in [-0.2, -0.15) is 0 Å². The highest BCUT2D eigenvalue weighted by Crippen LogP contribution is 2.33. The molecule has 0 aromatic heterocycles. The molecule has 1 saturated heterocycles. The largest absolute Gasteiger partial charge is 0.481 e. The van der Waals surface area contributed by atoms with E-state index in [0.29, 0.717) is 19.4 Å². The minimum absolute atomic E-state index is 0.00795. The third kappa shape index (κ3) is 3.85. The Labute approximate surface area is 130 Å². The van der Waals surface area contributed by atoms with Gasteiger partial charge in [-0.15, -0.1) is 0 Å². The molecule has 0 aliphatic carbocycles. The molecule has 1 aromatic carbocycles. The van der Waals surface area contributed by atoms with E-state index in [1.54, 1.807) is 12.0 Å². The molecule has 3 atom stereocenters. The zero-order valence-corrected chi connectivity index (χ0v) is 13.1. The molecule has 1 aliphatic rings. The average Bonchev–Trinajstić information content (AvgIpc) is 2.98. The summed E-state index contributed by atoms with van der Waals surface area (Å²) in [4.78, 5) is 25.5. The summed E-state index contributed by atoms with van der Waals surface area (Å²) in [7, 11) is 1.62. The molecule has 1 heterocycles. The minimum atomic E-state index is -0.839. The highest BCUT2D eigenvalue weighted by molar-refractivity contribution is 5.79. The van der Waals surface area contributed by atoms with Gasteiger partial charge in [-0.1, -0.05) is 30.3 Å². The van der Waals surface area contributed by atoms with Crippen molar-refractivity contribution in [2.45, 2.75) is 31.8 Å². The van der Waals surface area contributed by atoms with Crippen molar-refractivity contribution in [1.82, 2.24) is 4.90 Å². The number of carboxylic acids is 1. The number of carbonyl (C=O) groups excluding carboxylic acids is 1. The van der Waals surface area contributed by atoms with E-state index in [1.807, 2.05) is 37.3 Å². The van der Waals surface area contributed by atoms with E-state index in [0.717, 1.165) is 5.56 Å². The number of amides is 1. The minimum Gasteiger partial charge on any atom is -0.481 e. The highest BCUT2D eigenvalue weighted by Gasteiger charge is 2.40. The highest BCUT2D eigenvalue weighted by atomic mass is 16.5. The molecule has 1 N–H and O–H groups in total. The summed E-state index contributed by atoms with van der Waals surface area (Å²) < 4.78 is 5.15. The van der Waals surface area contributed by atoms with Crippen LogP contribution in [0, 0.1) is 5.92 Å². The lowest BCUT2D eigenvalue weighted by atomic mass is 9.89. The molecule has 2 rings (SSSR count). The molecule has 5 heteroatoms. The van der Waals surface area contributed by atoms with Crippen molar-refractivity contribution in [1.29, 1.82) is 0 Å². The van der Waals surface area contributed by atoms with Gasteiger partial charge in [-0.3, -0.25) is 9.59 Å². The number of ether oxygens (including phenoxy) is 1. The summed E-state index contributed by atoms with van der Waals surface area (Å²) in [6.07, 6.45) is 1.08. The SMILES string of the molecule is COC(C)CCC(=O)N1C[C@H](C(=O)O)[C@H](c2ccccc2)C1. The zero-order chi connectivity index (χ0) is 16.1. The second-order valence-electron chi connectivity index (χ2n) is 5.85. The monoisotopic (exact) mass is 305 g/mol. The first-order valence-electron chi connectivity index (χ1n) is 7.61. The molecular weight excluding hydrogens is 282 g/mol. The van der Waals surface area contributed by atoms with Gasteiger partial charge in [0.25, 0.3) is 0 Å². The predicted octanol–water partition coefficient (Wildman–Crippen LogP) is 2.13. The van der Waals surface area contributed by atoms with Crippen molar-refractivity contribution in [3.05, 3.63) is 35.9 Å². The van der Waals surface area contributed by atoms with E-state index in [2.05, 4.69) is 0 Å².